The fourth-order valence-electron chi connectivity index (χ4n) is 1.31. The topological polar surface area (TPSA) is 29.1 Å². The molecule has 0 spiro atoms. The molecule has 0 aromatic carbocycles. The van der Waals surface area contributed by atoms with Crippen LogP contribution in [-0.2, 0) is 4.79 Å². The van der Waals surface area contributed by atoms with Crippen molar-refractivity contribution in [2.24, 2.45) is 11.8 Å². The first-order chi connectivity index (χ1) is 5.77. The molecule has 0 aromatic heterocycles. The minimum absolute atomic E-state index is 0.264. The Morgan fingerprint density at radius 1 is 1.42 bits per heavy atom. The van der Waals surface area contributed by atoms with Crippen LogP contribution in [0.2, 0.25) is 0 Å². The van der Waals surface area contributed by atoms with Crippen LogP contribution in [0.5, 0.6) is 0 Å². The number of alkyl halides is 1. The summed E-state index contributed by atoms with van der Waals surface area (Å²) in [6, 6.07) is 0. The van der Waals surface area contributed by atoms with E-state index in [1.165, 1.54) is 12.8 Å². The average Bonchev–Trinajstić information content (AvgIpc) is 2.91. The molecule has 68 valence electrons. The fraction of sp³-hybridized carbons (Fsp3) is 0.889. The van der Waals surface area contributed by atoms with Crippen molar-refractivity contribution in [2.75, 3.05) is 6.54 Å². The fourth-order valence-corrected chi connectivity index (χ4v) is 2.00. The summed E-state index contributed by atoms with van der Waals surface area (Å²) in [7, 11) is 0. The van der Waals surface area contributed by atoms with E-state index < -0.39 is 0 Å². The van der Waals surface area contributed by atoms with E-state index >= 15 is 0 Å². The Labute approximate surface area is 81.2 Å². The molecule has 0 aromatic rings. The first kappa shape index (κ1) is 8.54. The van der Waals surface area contributed by atoms with Crippen LogP contribution in [0.3, 0.4) is 0 Å². The average molecular weight is 232 g/mol. The molecule has 1 unspecified atom stereocenters. The number of carbonyl (C=O) groups excluding carboxylic acids is 1. The highest BCUT2D eigenvalue weighted by Gasteiger charge is 2.32. The van der Waals surface area contributed by atoms with Gasteiger partial charge >= 0.3 is 0 Å². The number of rotatable bonds is 4. The zero-order valence-electron chi connectivity index (χ0n) is 7.05. The van der Waals surface area contributed by atoms with E-state index in [-0.39, 0.29) is 5.91 Å². The zero-order valence-corrected chi connectivity index (χ0v) is 8.64. The minimum atomic E-state index is 0.264. The molecule has 2 rings (SSSR count). The highest BCUT2D eigenvalue weighted by atomic mass is 79.9. The van der Waals surface area contributed by atoms with Gasteiger partial charge in [0.05, 0.1) is 0 Å². The van der Waals surface area contributed by atoms with Gasteiger partial charge < -0.3 is 5.32 Å². The molecule has 0 heterocycles. The number of amides is 1. The van der Waals surface area contributed by atoms with E-state index in [0.717, 1.165) is 25.3 Å². The number of hydrogen-bond acceptors (Lipinski definition) is 1. The summed E-state index contributed by atoms with van der Waals surface area (Å²) in [6.45, 7) is 0.819. The predicted molar refractivity (Wildman–Crippen MR) is 51.2 cm³/mol. The molecular formula is C9H14BrNO. The van der Waals surface area contributed by atoms with Crippen LogP contribution in [0.15, 0.2) is 0 Å². The molecule has 2 saturated carbocycles. The van der Waals surface area contributed by atoms with Crippen LogP contribution >= 0.6 is 15.9 Å². The second kappa shape index (κ2) is 3.36. The van der Waals surface area contributed by atoms with Gasteiger partial charge in [-0.15, -0.1) is 0 Å². The SMILES string of the molecule is O=C(NCC(Br)C1CC1)C1CC1. The van der Waals surface area contributed by atoms with Crippen molar-refractivity contribution >= 4 is 21.8 Å². The molecule has 2 fully saturated rings. The molecule has 2 aliphatic carbocycles. The van der Waals surface area contributed by atoms with Crippen molar-refractivity contribution in [3.05, 3.63) is 0 Å². The van der Waals surface area contributed by atoms with Gasteiger partial charge in [-0.1, -0.05) is 15.9 Å². The Bertz CT molecular complexity index is 187. The van der Waals surface area contributed by atoms with Crippen molar-refractivity contribution in [2.45, 2.75) is 30.5 Å². The normalized spacial score (nSPS) is 25.1. The molecule has 1 atom stereocenters. The third-order valence-electron chi connectivity index (χ3n) is 2.55. The predicted octanol–water partition coefficient (Wildman–Crippen LogP) is 1.69. The van der Waals surface area contributed by atoms with E-state index in [9.17, 15) is 4.79 Å². The van der Waals surface area contributed by atoms with Crippen LogP contribution in [0.4, 0.5) is 0 Å². The molecule has 0 radical (unpaired) electrons. The summed E-state index contributed by atoms with van der Waals surface area (Å²) in [5.74, 6) is 1.44. The second-order valence-electron chi connectivity index (χ2n) is 3.87. The van der Waals surface area contributed by atoms with Crippen LogP contribution in [0.1, 0.15) is 25.7 Å². The molecule has 12 heavy (non-hydrogen) atoms. The Morgan fingerprint density at radius 2 is 2.08 bits per heavy atom. The first-order valence-electron chi connectivity index (χ1n) is 4.69. The molecule has 2 aliphatic rings. The molecule has 0 aliphatic heterocycles. The molecule has 3 heteroatoms. The lowest BCUT2D eigenvalue weighted by Gasteiger charge is -2.08. The molecule has 1 amide bonds. The zero-order chi connectivity index (χ0) is 8.55. The summed E-state index contributed by atoms with van der Waals surface area (Å²) >= 11 is 3.59. The summed E-state index contributed by atoms with van der Waals surface area (Å²) in [6.07, 6.45) is 4.86. The molecule has 1 N–H and O–H groups in total. The number of hydrogen-bond donors (Lipinski definition) is 1. The van der Waals surface area contributed by atoms with E-state index in [0.29, 0.717) is 10.7 Å². The van der Waals surface area contributed by atoms with Gasteiger partial charge in [0.25, 0.3) is 0 Å². The third-order valence-corrected chi connectivity index (χ3v) is 3.62. The summed E-state index contributed by atoms with van der Waals surface area (Å²) in [5, 5.41) is 2.98. The Kier molecular flexibility index (Phi) is 2.40. The van der Waals surface area contributed by atoms with E-state index in [1.807, 2.05) is 0 Å². The number of carbonyl (C=O) groups is 1. The lowest BCUT2D eigenvalue weighted by atomic mass is 10.3. The molecule has 0 bridgehead atoms. The quantitative estimate of drug-likeness (QED) is 0.734. The highest BCUT2D eigenvalue weighted by Crippen LogP contribution is 2.36. The van der Waals surface area contributed by atoms with Gasteiger partial charge in [-0.3, -0.25) is 4.79 Å². The Morgan fingerprint density at radius 3 is 2.58 bits per heavy atom. The largest absolute Gasteiger partial charge is 0.355 e. The molecule has 2 nitrogen and oxygen atoms in total. The van der Waals surface area contributed by atoms with Gasteiger partial charge in [-0.05, 0) is 31.6 Å². The van der Waals surface area contributed by atoms with E-state index in [4.69, 9.17) is 0 Å². The van der Waals surface area contributed by atoms with Crippen molar-refractivity contribution in [1.29, 1.82) is 0 Å². The second-order valence-corrected chi connectivity index (χ2v) is 5.05. The van der Waals surface area contributed by atoms with Crippen LogP contribution in [0, 0.1) is 11.8 Å². The Hall–Kier alpha value is -0.0500. The highest BCUT2D eigenvalue weighted by molar-refractivity contribution is 9.09. The van der Waals surface area contributed by atoms with E-state index in [2.05, 4.69) is 21.2 Å². The lowest BCUT2D eigenvalue weighted by molar-refractivity contribution is -0.122. The minimum Gasteiger partial charge on any atom is -0.355 e. The number of nitrogens with one attached hydrogen (secondary N) is 1. The smallest absolute Gasteiger partial charge is 0.223 e. The monoisotopic (exact) mass is 231 g/mol. The van der Waals surface area contributed by atoms with E-state index in [1.54, 1.807) is 0 Å². The van der Waals surface area contributed by atoms with Gasteiger partial charge in [0, 0.05) is 17.3 Å². The summed E-state index contributed by atoms with van der Waals surface area (Å²) < 4.78 is 0. The maximum atomic E-state index is 11.2. The van der Waals surface area contributed by atoms with Crippen molar-refractivity contribution in [3.63, 3.8) is 0 Å². The standard InChI is InChI=1S/C9H14BrNO/c10-8(6-1-2-6)5-11-9(12)7-3-4-7/h6-8H,1-5H2,(H,11,12). The van der Waals surface area contributed by atoms with Gasteiger partial charge in [-0.25, -0.2) is 0 Å². The van der Waals surface area contributed by atoms with Gasteiger partial charge in [0.1, 0.15) is 0 Å². The van der Waals surface area contributed by atoms with Gasteiger partial charge in [-0.2, -0.15) is 0 Å². The summed E-state index contributed by atoms with van der Waals surface area (Å²) in [5.41, 5.74) is 0. The maximum Gasteiger partial charge on any atom is 0.223 e. The summed E-state index contributed by atoms with van der Waals surface area (Å²) in [4.78, 5) is 11.7. The van der Waals surface area contributed by atoms with Gasteiger partial charge in [0.2, 0.25) is 5.91 Å². The van der Waals surface area contributed by atoms with Crippen LogP contribution < -0.4 is 5.32 Å². The first-order valence-corrected chi connectivity index (χ1v) is 5.60. The third kappa shape index (κ3) is 2.22. The van der Waals surface area contributed by atoms with Crippen molar-refractivity contribution in [1.82, 2.24) is 5.32 Å². The molecule has 0 saturated heterocycles. The number of halogens is 1. The van der Waals surface area contributed by atoms with Crippen molar-refractivity contribution < 1.29 is 4.79 Å². The molecular weight excluding hydrogens is 218 g/mol. The van der Waals surface area contributed by atoms with Gasteiger partial charge in [0.15, 0.2) is 0 Å². The van der Waals surface area contributed by atoms with Crippen LogP contribution in [-0.4, -0.2) is 17.3 Å². The Balaban J connectivity index is 1.62. The van der Waals surface area contributed by atoms with Crippen molar-refractivity contribution in [3.8, 4) is 0 Å². The van der Waals surface area contributed by atoms with Crippen LogP contribution in [0.25, 0.3) is 0 Å². The lowest BCUT2D eigenvalue weighted by Crippen LogP contribution is -2.31. The maximum absolute atomic E-state index is 11.2.